The quantitative estimate of drug-likeness (QED) is 0.651. The molecule has 1 N–H and O–H groups in total. The molecule has 0 aliphatic carbocycles. The summed E-state index contributed by atoms with van der Waals surface area (Å²) in [4.78, 5) is 41.9. The van der Waals surface area contributed by atoms with E-state index < -0.39 is 33.1 Å². The number of hydrogen-bond donors (Lipinski definition) is 1. The van der Waals surface area contributed by atoms with E-state index in [-0.39, 0.29) is 40.7 Å². The molecule has 0 radical (unpaired) electrons. The van der Waals surface area contributed by atoms with Crippen LogP contribution < -0.4 is 0 Å². The Balaban J connectivity index is 1.48. The van der Waals surface area contributed by atoms with Crippen molar-refractivity contribution in [1.29, 1.82) is 0 Å². The SMILES string of the molecule is CC(=O)N1CCC(N2CCC2C(=O)N2C[C@H](S(=O)(=O)c3ccccc3Cl)C[C@H]2C(=O)O)CC1. The molecule has 1 unspecified atom stereocenters. The molecule has 3 saturated heterocycles. The Morgan fingerprint density at radius 2 is 1.70 bits per heavy atom. The Morgan fingerprint density at radius 3 is 2.24 bits per heavy atom. The van der Waals surface area contributed by atoms with Crippen LogP contribution in [0.4, 0.5) is 0 Å². The van der Waals surface area contributed by atoms with Crippen LogP contribution in [-0.4, -0.2) is 95.6 Å². The molecule has 0 saturated carbocycles. The van der Waals surface area contributed by atoms with Crippen molar-refractivity contribution in [2.75, 3.05) is 26.2 Å². The second kappa shape index (κ2) is 9.23. The van der Waals surface area contributed by atoms with Crippen LogP contribution in [0.15, 0.2) is 29.2 Å². The number of sulfone groups is 1. The highest BCUT2D eigenvalue weighted by molar-refractivity contribution is 7.92. The number of hydrogen-bond acceptors (Lipinski definition) is 6. The smallest absolute Gasteiger partial charge is 0.326 e. The molecular formula is C22H28ClN3O6S. The summed E-state index contributed by atoms with van der Waals surface area (Å²) in [5, 5.41) is 8.79. The predicted molar refractivity (Wildman–Crippen MR) is 121 cm³/mol. The molecule has 11 heteroatoms. The van der Waals surface area contributed by atoms with Gasteiger partial charge in [0.25, 0.3) is 0 Å². The topological polar surface area (TPSA) is 115 Å². The van der Waals surface area contributed by atoms with Gasteiger partial charge in [-0.25, -0.2) is 13.2 Å². The van der Waals surface area contributed by atoms with Crippen LogP contribution in [0.5, 0.6) is 0 Å². The number of amides is 2. The number of aliphatic carboxylic acids is 1. The van der Waals surface area contributed by atoms with Gasteiger partial charge in [-0.3, -0.25) is 14.5 Å². The number of carboxylic acids is 1. The van der Waals surface area contributed by atoms with Crippen LogP contribution >= 0.6 is 11.6 Å². The molecule has 1 aromatic carbocycles. The van der Waals surface area contributed by atoms with E-state index in [1.807, 2.05) is 0 Å². The van der Waals surface area contributed by atoms with Crippen LogP contribution in [0.1, 0.15) is 32.6 Å². The highest BCUT2D eigenvalue weighted by Crippen LogP contribution is 2.34. The molecule has 33 heavy (non-hydrogen) atoms. The lowest BCUT2D eigenvalue weighted by molar-refractivity contribution is -0.154. The van der Waals surface area contributed by atoms with Crippen LogP contribution in [0.2, 0.25) is 5.02 Å². The average Bonchev–Trinajstić information content (AvgIpc) is 3.20. The van der Waals surface area contributed by atoms with Crippen molar-refractivity contribution < 1.29 is 27.9 Å². The van der Waals surface area contributed by atoms with Crippen LogP contribution in [0.3, 0.4) is 0 Å². The third kappa shape index (κ3) is 4.48. The zero-order valence-electron chi connectivity index (χ0n) is 18.4. The molecule has 4 rings (SSSR count). The van der Waals surface area contributed by atoms with Gasteiger partial charge in [0.1, 0.15) is 6.04 Å². The van der Waals surface area contributed by atoms with E-state index in [1.165, 1.54) is 17.0 Å². The molecule has 0 aromatic heterocycles. The molecule has 3 heterocycles. The highest BCUT2D eigenvalue weighted by Gasteiger charge is 2.50. The summed E-state index contributed by atoms with van der Waals surface area (Å²) in [5.41, 5.74) is 0. The normalized spacial score (nSPS) is 26.8. The number of carboxylic acid groups (broad SMARTS) is 1. The Morgan fingerprint density at radius 1 is 1.03 bits per heavy atom. The first-order chi connectivity index (χ1) is 15.6. The minimum absolute atomic E-state index is 0.0387. The van der Waals surface area contributed by atoms with Crippen molar-refractivity contribution in [3.8, 4) is 0 Å². The first-order valence-electron chi connectivity index (χ1n) is 11.1. The Hall–Kier alpha value is -2.17. The van der Waals surface area contributed by atoms with E-state index in [0.717, 1.165) is 19.4 Å². The monoisotopic (exact) mass is 497 g/mol. The standard InChI is InChI=1S/C22H28ClN3O6S/c1-14(27)24-9-6-15(7-10-24)25-11-8-18(25)21(28)26-13-16(12-19(26)22(29)30)33(31,32)20-5-3-2-4-17(20)23/h2-5,15-16,18-19H,6-13H2,1H3,(H,29,30)/t16-,18?,19+/m1/s1. The second-order valence-corrected chi connectivity index (χ2v) is 11.6. The van der Waals surface area contributed by atoms with Gasteiger partial charge in [0.05, 0.1) is 21.2 Å². The van der Waals surface area contributed by atoms with Crippen molar-refractivity contribution in [3.63, 3.8) is 0 Å². The van der Waals surface area contributed by atoms with Gasteiger partial charge in [0.15, 0.2) is 9.84 Å². The molecule has 3 aliphatic rings. The summed E-state index contributed by atoms with van der Waals surface area (Å²) in [6.07, 6.45) is 1.96. The van der Waals surface area contributed by atoms with Crippen molar-refractivity contribution >= 4 is 39.2 Å². The Kier molecular flexibility index (Phi) is 6.70. The van der Waals surface area contributed by atoms with E-state index in [2.05, 4.69) is 4.90 Å². The number of benzene rings is 1. The van der Waals surface area contributed by atoms with E-state index in [0.29, 0.717) is 19.5 Å². The third-order valence-electron chi connectivity index (χ3n) is 7.14. The number of carbonyl (C=O) groups is 3. The second-order valence-electron chi connectivity index (χ2n) is 8.96. The predicted octanol–water partition coefficient (Wildman–Crippen LogP) is 1.25. The van der Waals surface area contributed by atoms with E-state index in [4.69, 9.17) is 11.6 Å². The number of rotatable bonds is 5. The minimum Gasteiger partial charge on any atom is -0.480 e. The summed E-state index contributed by atoms with van der Waals surface area (Å²) in [6, 6.07) is 4.57. The summed E-state index contributed by atoms with van der Waals surface area (Å²) in [7, 11) is -3.91. The maximum absolute atomic E-state index is 13.4. The number of carbonyl (C=O) groups excluding carboxylic acids is 2. The fourth-order valence-electron chi connectivity index (χ4n) is 5.17. The first kappa shape index (κ1) is 24.0. The third-order valence-corrected chi connectivity index (χ3v) is 9.77. The van der Waals surface area contributed by atoms with Gasteiger partial charge < -0.3 is 14.9 Å². The van der Waals surface area contributed by atoms with E-state index in [1.54, 1.807) is 24.0 Å². The maximum atomic E-state index is 13.4. The first-order valence-corrected chi connectivity index (χ1v) is 13.1. The zero-order chi connectivity index (χ0) is 23.9. The molecule has 180 valence electrons. The lowest BCUT2D eigenvalue weighted by Crippen LogP contribution is -2.63. The number of nitrogens with zero attached hydrogens (tertiary/aromatic N) is 3. The molecule has 3 fully saturated rings. The summed E-state index contributed by atoms with van der Waals surface area (Å²) >= 11 is 6.09. The van der Waals surface area contributed by atoms with E-state index >= 15 is 0 Å². The van der Waals surface area contributed by atoms with Gasteiger partial charge in [0, 0.05) is 39.1 Å². The number of halogens is 1. The molecule has 3 aliphatic heterocycles. The van der Waals surface area contributed by atoms with Crippen LogP contribution in [0, 0.1) is 0 Å². The molecule has 0 bridgehead atoms. The van der Waals surface area contributed by atoms with Crippen LogP contribution in [-0.2, 0) is 24.2 Å². The largest absolute Gasteiger partial charge is 0.480 e. The molecule has 2 amide bonds. The molecule has 3 atom stereocenters. The van der Waals surface area contributed by atoms with Gasteiger partial charge in [-0.2, -0.15) is 0 Å². The lowest BCUT2D eigenvalue weighted by Gasteiger charge is -2.48. The lowest BCUT2D eigenvalue weighted by atomic mass is 9.93. The minimum atomic E-state index is -3.91. The molecule has 9 nitrogen and oxygen atoms in total. The fourth-order valence-corrected chi connectivity index (χ4v) is 7.39. The van der Waals surface area contributed by atoms with Gasteiger partial charge in [-0.05, 0) is 37.8 Å². The number of likely N-dealkylation sites (tertiary alicyclic amines) is 3. The van der Waals surface area contributed by atoms with Gasteiger partial charge in [-0.15, -0.1) is 0 Å². The molecule has 0 spiro atoms. The van der Waals surface area contributed by atoms with Gasteiger partial charge in [-0.1, -0.05) is 23.7 Å². The highest BCUT2D eigenvalue weighted by atomic mass is 35.5. The maximum Gasteiger partial charge on any atom is 0.326 e. The molecular weight excluding hydrogens is 470 g/mol. The van der Waals surface area contributed by atoms with Crippen molar-refractivity contribution in [1.82, 2.24) is 14.7 Å². The average molecular weight is 498 g/mol. The molecule has 1 aromatic rings. The Bertz CT molecular complexity index is 1060. The van der Waals surface area contributed by atoms with Crippen LogP contribution in [0.25, 0.3) is 0 Å². The summed E-state index contributed by atoms with van der Waals surface area (Å²) in [6.45, 7) is 3.38. The summed E-state index contributed by atoms with van der Waals surface area (Å²) in [5.74, 6) is -1.50. The van der Waals surface area contributed by atoms with Crippen molar-refractivity contribution in [2.45, 2.75) is 60.9 Å². The van der Waals surface area contributed by atoms with Crippen molar-refractivity contribution in [2.24, 2.45) is 0 Å². The number of piperidine rings is 1. The van der Waals surface area contributed by atoms with E-state index in [9.17, 15) is 27.9 Å². The van der Waals surface area contributed by atoms with Gasteiger partial charge >= 0.3 is 5.97 Å². The van der Waals surface area contributed by atoms with Crippen molar-refractivity contribution in [3.05, 3.63) is 29.3 Å². The Labute approximate surface area is 198 Å². The summed E-state index contributed by atoms with van der Waals surface area (Å²) < 4.78 is 26.4. The zero-order valence-corrected chi connectivity index (χ0v) is 20.0. The van der Waals surface area contributed by atoms with Gasteiger partial charge in [0.2, 0.25) is 11.8 Å². The fraction of sp³-hybridized carbons (Fsp3) is 0.591.